The highest BCUT2D eigenvalue weighted by Gasteiger charge is 2.01. The molecule has 0 bridgehead atoms. The SMILES string of the molecule is CCCNc1cccc(Oc2ccc(CCO)cc2)n1. The van der Waals surface area contributed by atoms with Gasteiger partial charge in [-0.25, -0.2) is 0 Å². The number of ether oxygens (including phenoxy) is 1. The Morgan fingerprint density at radius 3 is 2.65 bits per heavy atom. The third-order valence-corrected chi connectivity index (χ3v) is 2.83. The third-order valence-electron chi connectivity index (χ3n) is 2.83. The quantitative estimate of drug-likeness (QED) is 0.812. The van der Waals surface area contributed by atoms with Crippen molar-refractivity contribution < 1.29 is 9.84 Å². The van der Waals surface area contributed by atoms with Crippen LogP contribution in [0.5, 0.6) is 11.6 Å². The molecule has 0 aliphatic carbocycles. The van der Waals surface area contributed by atoms with Gasteiger partial charge in [-0.3, -0.25) is 0 Å². The predicted octanol–water partition coefficient (Wildman–Crippen LogP) is 3.23. The molecule has 2 rings (SSSR count). The molecule has 0 amide bonds. The van der Waals surface area contributed by atoms with E-state index < -0.39 is 0 Å². The fourth-order valence-electron chi connectivity index (χ4n) is 1.80. The molecule has 0 fully saturated rings. The lowest BCUT2D eigenvalue weighted by molar-refractivity contribution is 0.299. The maximum atomic E-state index is 8.88. The molecule has 0 spiro atoms. The number of anilines is 1. The summed E-state index contributed by atoms with van der Waals surface area (Å²) < 4.78 is 5.72. The van der Waals surface area contributed by atoms with Crippen LogP contribution in [0.4, 0.5) is 5.82 Å². The van der Waals surface area contributed by atoms with Crippen molar-refractivity contribution in [3.05, 3.63) is 48.0 Å². The molecule has 4 nitrogen and oxygen atoms in total. The third kappa shape index (κ3) is 4.24. The molecule has 0 radical (unpaired) electrons. The first-order valence-electron chi connectivity index (χ1n) is 6.90. The number of benzene rings is 1. The number of rotatable bonds is 7. The van der Waals surface area contributed by atoms with Gasteiger partial charge in [0.2, 0.25) is 5.88 Å². The smallest absolute Gasteiger partial charge is 0.221 e. The lowest BCUT2D eigenvalue weighted by Crippen LogP contribution is -2.02. The van der Waals surface area contributed by atoms with Crippen molar-refractivity contribution in [2.24, 2.45) is 0 Å². The Kier molecular flexibility index (Phi) is 5.38. The number of aliphatic hydroxyl groups excluding tert-OH is 1. The van der Waals surface area contributed by atoms with Gasteiger partial charge in [-0.1, -0.05) is 25.1 Å². The number of pyridine rings is 1. The lowest BCUT2D eigenvalue weighted by Gasteiger charge is -2.08. The van der Waals surface area contributed by atoms with Crippen LogP contribution in [0.25, 0.3) is 0 Å². The van der Waals surface area contributed by atoms with Crippen molar-refractivity contribution in [3.63, 3.8) is 0 Å². The first kappa shape index (κ1) is 14.3. The Balaban J connectivity index is 2.01. The van der Waals surface area contributed by atoms with E-state index in [1.54, 1.807) is 0 Å². The molecule has 0 unspecified atom stereocenters. The average molecular weight is 272 g/mol. The predicted molar refractivity (Wildman–Crippen MR) is 80.3 cm³/mol. The second-order valence-corrected chi connectivity index (χ2v) is 4.51. The Morgan fingerprint density at radius 2 is 1.95 bits per heavy atom. The van der Waals surface area contributed by atoms with E-state index in [2.05, 4.69) is 17.2 Å². The topological polar surface area (TPSA) is 54.4 Å². The van der Waals surface area contributed by atoms with Crippen LogP contribution in [0.2, 0.25) is 0 Å². The van der Waals surface area contributed by atoms with Crippen LogP contribution >= 0.6 is 0 Å². The highest BCUT2D eigenvalue weighted by molar-refractivity contribution is 5.38. The molecule has 2 aromatic rings. The van der Waals surface area contributed by atoms with E-state index in [1.807, 2.05) is 42.5 Å². The van der Waals surface area contributed by atoms with E-state index >= 15 is 0 Å². The molecule has 1 aromatic carbocycles. The van der Waals surface area contributed by atoms with Gasteiger partial charge in [0.25, 0.3) is 0 Å². The number of nitrogens with zero attached hydrogens (tertiary/aromatic N) is 1. The van der Waals surface area contributed by atoms with E-state index in [0.717, 1.165) is 30.1 Å². The zero-order chi connectivity index (χ0) is 14.2. The highest BCUT2D eigenvalue weighted by atomic mass is 16.5. The van der Waals surface area contributed by atoms with Gasteiger partial charge in [-0.05, 0) is 36.6 Å². The second-order valence-electron chi connectivity index (χ2n) is 4.51. The molecule has 20 heavy (non-hydrogen) atoms. The van der Waals surface area contributed by atoms with Crippen LogP contribution in [-0.2, 0) is 6.42 Å². The summed E-state index contributed by atoms with van der Waals surface area (Å²) in [7, 11) is 0. The molecule has 1 aromatic heterocycles. The number of aliphatic hydroxyl groups is 1. The molecule has 0 atom stereocenters. The van der Waals surface area contributed by atoms with Crippen molar-refractivity contribution in [3.8, 4) is 11.6 Å². The fourth-order valence-corrected chi connectivity index (χ4v) is 1.80. The van der Waals surface area contributed by atoms with Gasteiger partial charge in [-0.2, -0.15) is 4.98 Å². The maximum Gasteiger partial charge on any atom is 0.221 e. The van der Waals surface area contributed by atoms with E-state index in [-0.39, 0.29) is 6.61 Å². The molecular weight excluding hydrogens is 252 g/mol. The summed E-state index contributed by atoms with van der Waals surface area (Å²) in [6.45, 7) is 3.17. The van der Waals surface area contributed by atoms with Gasteiger partial charge < -0.3 is 15.2 Å². The van der Waals surface area contributed by atoms with Gasteiger partial charge in [0.15, 0.2) is 0 Å². The van der Waals surface area contributed by atoms with E-state index in [1.165, 1.54) is 0 Å². The largest absolute Gasteiger partial charge is 0.439 e. The minimum Gasteiger partial charge on any atom is -0.439 e. The monoisotopic (exact) mass is 272 g/mol. The van der Waals surface area contributed by atoms with Crippen LogP contribution < -0.4 is 10.1 Å². The van der Waals surface area contributed by atoms with E-state index in [9.17, 15) is 0 Å². The lowest BCUT2D eigenvalue weighted by atomic mass is 10.1. The summed E-state index contributed by atoms with van der Waals surface area (Å²) in [5.41, 5.74) is 1.09. The van der Waals surface area contributed by atoms with Crippen molar-refractivity contribution >= 4 is 5.82 Å². The molecule has 4 heteroatoms. The number of hydrogen-bond acceptors (Lipinski definition) is 4. The fraction of sp³-hybridized carbons (Fsp3) is 0.312. The average Bonchev–Trinajstić information content (AvgIpc) is 2.48. The molecule has 0 aliphatic rings. The molecule has 0 aliphatic heterocycles. The summed E-state index contributed by atoms with van der Waals surface area (Å²) in [6, 6.07) is 13.3. The number of nitrogens with one attached hydrogen (secondary N) is 1. The molecule has 2 N–H and O–H groups in total. The first-order chi connectivity index (χ1) is 9.81. The van der Waals surface area contributed by atoms with Crippen molar-refractivity contribution in [2.45, 2.75) is 19.8 Å². The molecule has 0 saturated carbocycles. The van der Waals surface area contributed by atoms with Gasteiger partial charge in [0.05, 0.1) is 0 Å². The van der Waals surface area contributed by atoms with Crippen LogP contribution in [0.1, 0.15) is 18.9 Å². The Hall–Kier alpha value is -2.07. The molecule has 0 saturated heterocycles. The maximum absolute atomic E-state index is 8.88. The molecule has 1 heterocycles. The summed E-state index contributed by atoms with van der Waals surface area (Å²) in [5.74, 6) is 2.13. The van der Waals surface area contributed by atoms with Crippen LogP contribution in [-0.4, -0.2) is 23.2 Å². The van der Waals surface area contributed by atoms with Crippen molar-refractivity contribution in [1.29, 1.82) is 0 Å². The second kappa shape index (κ2) is 7.50. The Morgan fingerprint density at radius 1 is 1.15 bits per heavy atom. The summed E-state index contributed by atoms with van der Waals surface area (Å²) in [4.78, 5) is 4.39. The van der Waals surface area contributed by atoms with Crippen LogP contribution in [0, 0.1) is 0 Å². The number of hydrogen-bond donors (Lipinski definition) is 2. The van der Waals surface area contributed by atoms with Gasteiger partial charge in [0, 0.05) is 19.2 Å². The van der Waals surface area contributed by atoms with Gasteiger partial charge in [-0.15, -0.1) is 0 Å². The van der Waals surface area contributed by atoms with E-state index in [0.29, 0.717) is 12.3 Å². The van der Waals surface area contributed by atoms with Crippen LogP contribution in [0.15, 0.2) is 42.5 Å². The van der Waals surface area contributed by atoms with Crippen LogP contribution in [0.3, 0.4) is 0 Å². The minimum absolute atomic E-state index is 0.160. The highest BCUT2D eigenvalue weighted by Crippen LogP contribution is 2.21. The van der Waals surface area contributed by atoms with Crippen molar-refractivity contribution in [1.82, 2.24) is 4.98 Å². The van der Waals surface area contributed by atoms with Gasteiger partial charge in [0.1, 0.15) is 11.6 Å². The van der Waals surface area contributed by atoms with Crippen molar-refractivity contribution in [2.75, 3.05) is 18.5 Å². The normalized spacial score (nSPS) is 10.3. The zero-order valence-corrected chi connectivity index (χ0v) is 11.7. The Bertz CT molecular complexity index is 526. The summed E-state index contributed by atoms with van der Waals surface area (Å²) in [5, 5.41) is 12.1. The van der Waals surface area contributed by atoms with E-state index in [4.69, 9.17) is 9.84 Å². The summed E-state index contributed by atoms with van der Waals surface area (Å²) >= 11 is 0. The summed E-state index contributed by atoms with van der Waals surface area (Å²) in [6.07, 6.45) is 1.72. The molecular formula is C16H20N2O2. The minimum atomic E-state index is 0.160. The first-order valence-corrected chi connectivity index (χ1v) is 6.90. The Labute approximate surface area is 119 Å². The zero-order valence-electron chi connectivity index (χ0n) is 11.7. The van der Waals surface area contributed by atoms with Gasteiger partial charge >= 0.3 is 0 Å². The standard InChI is InChI=1S/C16H20N2O2/c1-2-11-17-15-4-3-5-16(18-15)20-14-8-6-13(7-9-14)10-12-19/h3-9,19H,2,10-12H2,1H3,(H,17,18). The molecule has 106 valence electrons. The number of aromatic nitrogens is 1.